The smallest absolute Gasteiger partial charge is 0.0346 e. The predicted molar refractivity (Wildman–Crippen MR) is 54.0 cm³/mol. The molecule has 0 unspecified atom stereocenters. The molecule has 0 aromatic carbocycles. The zero-order valence-corrected chi connectivity index (χ0v) is 7.14. The molecule has 0 spiro atoms. The molecular weight excluding hydrogens is 158 g/mol. The third-order valence-electron chi connectivity index (χ3n) is 1.82. The molecule has 13 heavy (non-hydrogen) atoms. The van der Waals surface area contributed by atoms with Crippen LogP contribution in [-0.4, -0.2) is 4.98 Å². The fourth-order valence-electron chi connectivity index (χ4n) is 1.18. The van der Waals surface area contributed by atoms with Gasteiger partial charge in [0.1, 0.15) is 0 Å². The summed E-state index contributed by atoms with van der Waals surface area (Å²) in [6, 6.07) is 3.98. The monoisotopic (exact) mass is 167 g/mol. The first kappa shape index (κ1) is 7.78. The SMILES string of the molecule is C1=CC=CC(c2cccnc2)=CC=1. The molecule has 0 saturated heterocycles. The van der Waals surface area contributed by atoms with E-state index in [0.717, 1.165) is 11.1 Å². The van der Waals surface area contributed by atoms with Crippen molar-refractivity contribution in [1.29, 1.82) is 0 Å². The molecule has 1 aliphatic carbocycles. The topological polar surface area (TPSA) is 12.9 Å². The maximum atomic E-state index is 4.07. The van der Waals surface area contributed by atoms with Crippen LogP contribution in [0.3, 0.4) is 0 Å². The number of rotatable bonds is 1. The van der Waals surface area contributed by atoms with Gasteiger partial charge in [0.2, 0.25) is 0 Å². The Bertz CT molecular complexity index is 404. The summed E-state index contributed by atoms with van der Waals surface area (Å²) in [6.45, 7) is 0. The highest BCUT2D eigenvalue weighted by atomic mass is 14.6. The van der Waals surface area contributed by atoms with Gasteiger partial charge >= 0.3 is 0 Å². The summed E-state index contributed by atoms with van der Waals surface area (Å²) in [5.41, 5.74) is 5.31. The zero-order chi connectivity index (χ0) is 8.93. The summed E-state index contributed by atoms with van der Waals surface area (Å²) in [4.78, 5) is 4.07. The number of hydrogen-bond donors (Lipinski definition) is 0. The van der Waals surface area contributed by atoms with Gasteiger partial charge in [0.15, 0.2) is 0 Å². The second-order valence-electron chi connectivity index (χ2n) is 2.72. The van der Waals surface area contributed by atoms with Crippen LogP contribution in [0, 0.1) is 0 Å². The quantitative estimate of drug-likeness (QED) is 0.586. The van der Waals surface area contributed by atoms with E-state index in [9.17, 15) is 0 Å². The second-order valence-corrected chi connectivity index (χ2v) is 2.72. The maximum absolute atomic E-state index is 4.07. The van der Waals surface area contributed by atoms with E-state index in [1.165, 1.54) is 0 Å². The van der Waals surface area contributed by atoms with Crippen molar-refractivity contribution in [1.82, 2.24) is 4.98 Å². The molecule has 0 amide bonds. The van der Waals surface area contributed by atoms with Crippen molar-refractivity contribution in [2.24, 2.45) is 0 Å². The van der Waals surface area contributed by atoms with Crippen molar-refractivity contribution >= 4 is 5.57 Å². The van der Waals surface area contributed by atoms with Crippen molar-refractivity contribution < 1.29 is 0 Å². The molecule has 0 atom stereocenters. The van der Waals surface area contributed by atoms with Gasteiger partial charge in [0.25, 0.3) is 0 Å². The molecule has 1 aliphatic rings. The first-order valence-corrected chi connectivity index (χ1v) is 4.17. The minimum Gasteiger partial charge on any atom is -0.264 e. The summed E-state index contributed by atoms with van der Waals surface area (Å²) in [7, 11) is 0. The van der Waals surface area contributed by atoms with Crippen LogP contribution in [0.1, 0.15) is 5.56 Å². The lowest BCUT2D eigenvalue weighted by molar-refractivity contribution is 1.31. The summed E-state index contributed by atoms with van der Waals surface area (Å²) >= 11 is 0. The standard InChI is InChI=1S/C12H9N/c1-2-4-7-11(6-3-1)12-8-5-9-13-10-12/h1,3-10H. The van der Waals surface area contributed by atoms with Crippen molar-refractivity contribution in [3.63, 3.8) is 0 Å². The number of allylic oxidation sites excluding steroid dienone is 5. The largest absolute Gasteiger partial charge is 0.264 e. The second kappa shape index (κ2) is 3.70. The Balaban J connectivity index is 2.39. The van der Waals surface area contributed by atoms with E-state index in [2.05, 4.69) is 10.7 Å². The fraction of sp³-hybridized carbons (Fsp3) is 0. The molecule has 1 aromatic rings. The van der Waals surface area contributed by atoms with E-state index >= 15 is 0 Å². The number of pyridine rings is 1. The third kappa shape index (κ3) is 1.84. The van der Waals surface area contributed by atoms with E-state index in [4.69, 9.17) is 0 Å². The Hall–Kier alpha value is -1.85. The van der Waals surface area contributed by atoms with E-state index in [-0.39, 0.29) is 0 Å². The van der Waals surface area contributed by atoms with Gasteiger partial charge in [-0.05, 0) is 29.9 Å². The lowest BCUT2D eigenvalue weighted by atomic mass is 10.1. The van der Waals surface area contributed by atoms with Crippen molar-refractivity contribution in [3.05, 3.63) is 66.2 Å². The molecule has 0 radical (unpaired) electrons. The molecular formula is C12H9N. The molecule has 0 fully saturated rings. The molecule has 1 nitrogen and oxygen atoms in total. The molecule has 0 bridgehead atoms. The number of hydrogen-bond acceptors (Lipinski definition) is 1. The zero-order valence-electron chi connectivity index (χ0n) is 7.14. The van der Waals surface area contributed by atoms with Gasteiger partial charge in [0.05, 0.1) is 0 Å². The third-order valence-corrected chi connectivity index (χ3v) is 1.82. The first-order valence-electron chi connectivity index (χ1n) is 4.17. The minimum absolute atomic E-state index is 1.13. The van der Waals surface area contributed by atoms with E-state index in [1.54, 1.807) is 6.20 Å². The molecule has 0 N–H and O–H groups in total. The van der Waals surface area contributed by atoms with Crippen LogP contribution in [0.15, 0.2) is 60.6 Å². The van der Waals surface area contributed by atoms with Gasteiger partial charge in [-0.25, -0.2) is 0 Å². The molecule has 1 heterocycles. The van der Waals surface area contributed by atoms with Crippen LogP contribution in [0.4, 0.5) is 0 Å². The summed E-state index contributed by atoms with van der Waals surface area (Å²) in [5.74, 6) is 0. The lowest BCUT2D eigenvalue weighted by Crippen LogP contribution is -1.80. The van der Waals surface area contributed by atoms with E-state index < -0.39 is 0 Å². The molecule has 1 heteroatoms. The summed E-state index contributed by atoms with van der Waals surface area (Å²) in [6.07, 6.45) is 13.5. The highest BCUT2D eigenvalue weighted by molar-refractivity contribution is 5.75. The molecule has 1 aromatic heterocycles. The average Bonchev–Trinajstić information content (AvgIpc) is 2.47. The molecule has 0 saturated carbocycles. The van der Waals surface area contributed by atoms with Crippen molar-refractivity contribution in [2.45, 2.75) is 0 Å². The lowest BCUT2D eigenvalue weighted by Gasteiger charge is -1.98. The van der Waals surface area contributed by atoms with Crippen molar-refractivity contribution in [2.75, 3.05) is 0 Å². The van der Waals surface area contributed by atoms with Gasteiger partial charge in [-0.15, -0.1) is 5.73 Å². The Morgan fingerprint density at radius 3 is 3.08 bits per heavy atom. The van der Waals surface area contributed by atoms with Gasteiger partial charge in [0, 0.05) is 18.0 Å². The Morgan fingerprint density at radius 2 is 2.23 bits per heavy atom. The van der Waals surface area contributed by atoms with E-state index in [1.807, 2.05) is 48.7 Å². The first-order chi connectivity index (χ1) is 6.47. The van der Waals surface area contributed by atoms with Crippen LogP contribution in [0.2, 0.25) is 0 Å². The Kier molecular flexibility index (Phi) is 2.22. The van der Waals surface area contributed by atoms with Gasteiger partial charge < -0.3 is 0 Å². The highest BCUT2D eigenvalue weighted by Gasteiger charge is 1.95. The number of nitrogens with zero attached hydrogens (tertiary/aromatic N) is 1. The van der Waals surface area contributed by atoms with Gasteiger partial charge in [-0.3, -0.25) is 4.98 Å². The van der Waals surface area contributed by atoms with Crippen LogP contribution in [-0.2, 0) is 0 Å². The summed E-state index contributed by atoms with van der Waals surface area (Å²) < 4.78 is 0. The van der Waals surface area contributed by atoms with E-state index in [0.29, 0.717) is 0 Å². The van der Waals surface area contributed by atoms with Gasteiger partial charge in [-0.2, -0.15) is 0 Å². The van der Waals surface area contributed by atoms with Crippen molar-refractivity contribution in [3.8, 4) is 0 Å². The number of aromatic nitrogens is 1. The maximum Gasteiger partial charge on any atom is 0.0346 e. The normalized spacial score (nSPS) is 14.0. The highest BCUT2D eigenvalue weighted by Crippen LogP contribution is 2.15. The predicted octanol–water partition coefficient (Wildman–Crippen LogP) is 2.75. The fourth-order valence-corrected chi connectivity index (χ4v) is 1.18. The minimum atomic E-state index is 1.13. The molecule has 62 valence electrons. The molecule has 0 aliphatic heterocycles. The van der Waals surface area contributed by atoms with Crippen LogP contribution < -0.4 is 0 Å². The van der Waals surface area contributed by atoms with Crippen LogP contribution in [0.5, 0.6) is 0 Å². The Labute approximate surface area is 77.4 Å². The van der Waals surface area contributed by atoms with Crippen LogP contribution >= 0.6 is 0 Å². The van der Waals surface area contributed by atoms with Gasteiger partial charge in [-0.1, -0.05) is 18.2 Å². The molecule has 2 rings (SSSR count). The van der Waals surface area contributed by atoms with Crippen LogP contribution in [0.25, 0.3) is 5.57 Å². The summed E-state index contributed by atoms with van der Waals surface area (Å²) in [5, 5.41) is 0. The average molecular weight is 167 g/mol. The Morgan fingerprint density at radius 1 is 1.23 bits per heavy atom.